The predicted octanol–water partition coefficient (Wildman–Crippen LogP) is 0.263. The second-order valence-electron chi connectivity index (χ2n) is 4.02. The number of primary amides is 1. The van der Waals surface area contributed by atoms with Gasteiger partial charge in [-0.3, -0.25) is 9.59 Å². The van der Waals surface area contributed by atoms with Crippen LogP contribution in [0.2, 0.25) is 0 Å². The largest absolute Gasteiger partial charge is 0.481 e. The Morgan fingerprint density at radius 1 is 1.26 bits per heavy atom. The molecule has 0 aromatic heterocycles. The Balaban J connectivity index is 2.60. The summed E-state index contributed by atoms with van der Waals surface area (Å²) in [6, 6.07) is 5.93. The molecule has 0 fully saturated rings. The molecule has 19 heavy (non-hydrogen) atoms. The molecular weight excluding hydrogens is 250 g/mol. The Morgan fingerprint density at radius 2 is 1.84 bits per heavy atom. The monoisotopic (exact) mass is 265 g/mol. The molecule has 0 saturated heterocycles. The van der Waals surface area contributed by atoms with Crippen molar-refractivity contribution in [3.05, 3.63) is 29.8 Å². The predicted molar refractivity (Wildman–Crippen MR) is 68.6 cm³/mol. The van der Waals surface area contributed by atoms with Gasteiger partial charge in [0.1, 0.15) is 6.54 Å². The summed E-state index contributed by atoms with van der Waals surface area (Å²) in [7, 11) is 1.44. The van der Waals surface area contributed by atoms with E-state index in [1.54, 1.807) is 24.3 Å². The van der Waals surface area contributed by atoms with Gasteiger partial charge in [-0.05, 0) is 17.7 Å². The molecule has 7 nitrogen and oxygen atoms in total. The van der Waals surface area contributed by atoms with E-state index >= 15 is 0 Å². The van der Waals surface area contributed by atoms with Gasteiger partial charge < -0.3 is 21.1 Å². The zero-order valence-electron chi connectivity index (χ0n) is 10.4. The summed E-state index contributed by atoms with van der Waals surface area (Å²) in [5.74, 6) is -1.52. The van der Waals surface area contributed by atoms with Gasteiger partial charge in [0, 0.05) is 12.7 Å². The van der Waals surface area contributed by atoms with Crippen molar-refractivity contribution in [2.75, 3.05) is 18.9 Å². The molecule has 1 aromatic carbocycles. The summed E-state index contributed by atoms with van der Waals surface area (Å²) in [5.41, 5.74) is 6.12. The van der Waals surface area contributed by atoms with Crippen molar-refractivity contribution >= 4 is 23.6 Å². The SMILES string of the molecule is CN(CC(N)=O)C(=O)Nc1ccc(CC(=O)O)cc1. The number of aliphatic carboxylic acids is 1. The van der Waals surface area contributed by atoms with Gasteiger partial charge in [-0.15, -0.1) is 0 Å². The second kappa shape index (κ2) is 6.39. The van der Waals surface area contributed by atoms with Crippen molar-refractivity contribution in [2.24, 2.45) is 5.73 Å². The van der Waals surface area contributed by atoms with Gasteiger partial charge in [0.05, 0.1) is 6.42 Å². The third kappa shape index (κ3) is 5.07. The lowest BCUT2D eigenvalue weighted by Gasteiger charge is -2.16. The lowest BCUT2D eigenvalue weighted by Crippen LogP contribution is -2.38. The van der Waals surface area contributed by atoms with E-state index in [2.05, 4.69) is 5.32 Å². The highest BCUT2D eigenvalue weighted by Gasteiger charge is 2.10. The van der Waals surface area contributed by atoms with Crippen LogP contribution >= 0.6 is 0 Å². The van der Waals surface area contributed by atoms with E-state index in [-0.39, 0.29) is 13.0 Å². The van der Waals surface area contributed by atoms with Gasteiger partial charge in [-0.1, -0.05) is 12.1 Å². The van der Waals surface area contributed by atoms with Gasteiger partial charge in [0.25, 0.3) is 0 Å². The van der Waals surface area contributed by atoms with Crippen molar-refractivity contribution in [1.29, 1.82) is 0 Å². The van der Waals surface area contributed by atoms with Crippen molar-refractivity contribution in [3.63, 3.8) is 0 Å². The lowest BCUT2D eigenvalue weighted by atomic mass is 10.1. The van der Waals surface area contributed by atoms with E-state index in [0.717, 1.165) is 4.90 Å². The molecular formula is C12H15N3O4. The maximum Gasteiger partial charge on any atom is 0.322 e. The Bertz CT molecular complexity index is 484. The number of benzene rings is 1. The summed E-state index contributed by atoms with van der Waals surface area (Å²) in [4.78, 5) is 33.9. The van der Waals surface area contributed by atoms with E-state index in [9.17, 15) is 14.4 Å². The number of carbonyl (C=O) groups excluding carboxylic acids is 2. The molecule has 0 saturated carbocycles. The smallest absolute Gasteiger partial charge is 0.322 e. The van der Waals surface area contributed by atoms with Crippen LogP contribution in [0, 0.1) is 0 Å². The zero-order valence-corrected chi connectivity index (χ0v) is 10.4. The topological polar surface area (TPSA) is 113 Å². The standard InChI is InChI=1S/C12H15N3O4/c1-15(7-10(13)16)12(19)14-9-4-2-8(3-5-9)6-11(17)18/h2-5H,6-7H2,1H3,(H2,13,16)(H,14,19)(H,17,18). The first kappa shape index (κ1) is 14.5. The van der Waals surface area contributed by atoms with Crippen LogP contribution in [0.1, 0.15) is 5.56 Å². The molecule has 0 aliphatic heterocycles. The molecule has 102 valence electrons. The number of carbonyl (C=O) groups is 3. The molecule has 1 aromatic rings. The first-order valence-electron chi connectivity index (χ1n) is 5.49. The molecule has 7 heteroatoms. The number of nitrogens with one attached hydrogen (secondary N) is 1. The van der Waals surface area contributed by atoms with Gasteiger partial charge in [-0.2, -0.15) is 0 Å². The molecule has 0 bridgehead atoms. The highest BCUT2D eigenvalue weighted by Crippen LogP contribution is 2.10. The fraction of sp³-hybridized carbons (Fsp3) is 0.250. The molecule has 3 amide bonds. The number of carboxylic acids is 1. The second-order valence-corrected chi connectivity index (χ2v) is 4.02. The fourth-order valence-corrected chi connectivity index (χ4v) is 1.41. The summed E-state index contributed by atoms with van der Waals surface area (Å²) < 4.78 is 0. The minimum absolute atomic E-state index is 0.0736. The number of amides is 3. The first-order chi connectivity index (χ1) is 8.88. The zero-order chi connectivity index (χ0) is 14.4. The molecule has 0 unspecified atom stereocenters. The van der Waals surface area contributed by atoms with Crippen molar-refractivity contribution in [1.82, 2.24) is 4.90 Å². The van der Waals surface area contributed by atoms with Crippen LogP contribution in [0.5, 0.6) is 0 Å². The fourth-order valence-electron chi connectivity index (χ4n) is 1.41. The van der Waals surface area contributed by atoms with Crippen LogP contribution in [-0.4, -0.2) is 41.5 Å². The number of urea groups is 1. The quantitative estimate of drug-likeness (QED) is 0.708. The molecule has 0 aliphatic rings. The number of carboxylic acid groups (broad SMARTS) is 1. The minimum atomic E-state index is -0.919. The summed E-state index contributed by atoms with van der Waals surface area (Å²) >= 11 is 0. The Kier molecular flexibility index (Phi) is 4.87. The lowest BCUT2D eigenvalue weighted by molar-refractivity contribution is -0.136. The van der Waals surface area contributed by atoms with Gasteiger partial charge in [0.2, 0.25) is 5.91 Å². The molecule has 1 rings (SSSR count). The van der Waals surface area contributed by atoms with Crippen LogP contribution in [0.25, 0.3) is 0 Å². The van der Waals surface area contributed by atoms with Gasteiger partial charge in [-0.25, -0.2) is 4.79 Å². The average Bonchev–Trinajstić information content (AvgIpc) is 2.30. The molecule has 0 atom stereocenters. The Labute approximate surface area is 110 Å². The van der Waals surface area contributed by atoms with E-state index in [0.29, 0.717) is 11.3 Å². The van der Waals surface area contributed by atoms with Crippen LogP contribution in [0.4, 0.5) is 10.5 Å². The summed E-state index contributed by atoms with van der Waals surface area (Å²) in [6.45, 7) is -0.178. The van der Waals surface area contributed by atoms with Crippen LogP contribution in [0.15, 0.2) is 24.3 Å². The van der Waals surface area contributed by atoms with Gasteiger partial charge in [0.15, 0.2) is 0 Å². The highest BCUT2D eigenvalue weighted by atomic mass is 16.4. The average molecular weight is 265 g/mol. The number of likely N-dealkylation sites (N-methyl/N-ethyl adjacent to an activating group) is 1. The third-order valence-corrected chi connectivity index (χ3v) is 2.30. The molecule has 0 aliphatic carbocycles. The Morgan fingerprint density at radius 3 is 2.32 bits per heavy atom. The van der Waals surface area contributed by atoms with Crippen LogP contribution < -0.4 is 11.1 Å². The van der Waals surface area contributed by atoms with Crippen LogP contribution in [0.3, 0.4) is 0 Å². The number of anilines is 1. The van der Waals surface area contributed by atoms with Crippen molar-refractivity contribution < 1.29 is 19.5 Å². The van der Waals surface area contributed by atoms with Crippen LogP contribution in [-0.2, 0) is 16.0 Å². The third-order valence-electron chi connectivity index (χ3n) is 2.30. The highest BCUT2D eigenvalue weighted by molar-refractivity contribution is 5.91. The van der Waals surface area contributed by atoms with Gasteiger partial charge >= 0.3 is 12.0 Å². The molecule has 0 radical (unpaired) electrons. The molecule has 0 spiro atoms. The molecule has 0 heterocycles. The van der Waals surface area contributed by atoms with E-state index in [1.165, 1.54) is 7.05 Å². The maximum atomic E-state index is 11.6. The number of nitrogens with two attached hydrogens (primary N) is 1. The van der Waals surface area contributed by atoms with E-state index in [1.807, 2.05) is 0 Å². The van der Waals surface area contributed by atoms with Crippen molar-refractivity contribution in [2.45, 2.75) is 6.42 Å². The summed E-state index contributed by atoms with van der Waals surface area (Å²) in [5, 5.41) is 11.2. The van der Waals surface area contributed by atoms with Crippen molar-refractivity contribution in [3.8, 4) is 0 Å². The minimum Gasteiger partial charge on any atom is -0.481 e. The summed E-state index contributed by atoms with van der Waals surface area (Å²) in [6.07, 6.45) is -0.0736. The van der Waals surface area contributed by atoms with E-state index in [4.69, 9.17) is 10.8 Å². The Hall–Kier alpha value is -2.57. The first-order valence-corrected chi connectivity index (χ1v) is 5.49. The number of hydrogen-bond acceptors (Lipinski definition) is 3. The number of hydrogen-bond donors (Lipinski definition) is 3. The maximum absolute atomic E-state index is 11.6. The molecule has 4 N–H and O–H groups in total. The number of nitrogens with zero attached hydrogens (tertiary/aromatic N) is 1. The van der Waals surface area contributed by atoms with E-state index < -0.39 is 17.9 Å². The number of rotatable bonds is 5. The normalized spacial score (nSPS) is 9.74.